The first kappa shape index (κ1) is 19.2. The van der Waals surface area contributed by atoms with Crippen LogP contribution in [0.25, 0.3) is 0 Å². The van der Waals surface area contributed by atoms with E-state index in [2.05, 4.69) is 0 Å². The predicted molar refractivity (Wildman–Crippen MR) is 37.3 cm³/mol. The van der Waals surface area contributed by atoms with Crippen LogP contribution in [0.5, 0.6) is 0 Å². The summed E-state index contributed by atoms with van der Waals surface area (Å²) in [7, 11) is 0. The summed E-state index contributed by atoms with van der Waals surface area (Å²) in [5.41, 5.74) is -0.836. The molecular formula is C6H10Na2O5. The number of hydrogen-bond acceptors (Lipinski definition) is 3. The molecule has 0 unspecified atom stereocenters. The normalized spacial score (nSPS) is 10.3. The maximum absolute atomic E-state index is 10.2. The zero-order chi connectivity index (χ0) is 9.02. The van der Waals surface area contributed by atoms with Crippen molar-refractivity contribution in [2.24, 2.45) is 0 Å². The van der Waals surface area contributed by atoms with Gasteiger partial charge in [0.05, 0.1) is 12.2 Å². The molecule has 0 spiro atoms. The van der Waals surface area contributed by atoms with Crippen LogP contribution in [-0.4, -0.2) is 33.9 Å². The van der Waals surface area contributed by atoms with E-state index >= 15 is 0 Å². The third-order valence-corrected chi connectivity index (χ3v) is 1.19. The van der Waals surface area contributed by atoms with Crippen molar-refractivity contribution < 1.29 is 86.9 Å². The molecule has 0 aliphatic carbocycles. The minimum absolute atomic E-state index is 0. The molecule has 0 saturated carbocycles. The van der Waals surface area contributed by atoms with Crippen molar-refractivity contribution in [1.82, 2.24) is 0 Å². The van der Waals surface area contributed by atoms with Crippen LogP contribution < -0.4 is 59.1 Å². The molecule has 0 aromatic heterocycles. The van der Waals surface area contributed by atoms with Gasteiger partial charge in [0, 0.05) is 5.57 Å². The fourth-order valence-electron chi connectivity index (χ4n) is 0.476. The Labute approximate surface area is 122 Å². The average molecular weight is 208 g/mol. The monoisotopic (exact) mass is 208 g/mol. The number of carboxylic acid groups (broad SMARTS) is 2. The van der Waals surface area contributed by atoms with E-state index in [0.717, 1.165) is 6.92 Å². The largest absolute Gasteiger partial charge is 1.00 e. The van der Waals surface area contributed by atoms with Gasteiger partial charge in [0.25, 0.3) is 0 Å². The standard InChI is InChI=1S/C6H8O5.2Na.2H/c1-3(5(8)9)4(2-7)6(10)11;;;;/h7H,2H2,1H3,(H,8,9)(H,10,11);;;;/q;2*+1;2*-1/b4-3-;;;;. The summed E-state index contributed by atoms with van der Waals surface area (Å²) in [5, 5.41) is 25.0. The molecule has 13 heavy (non-hydrogen) atoms. The summed E-state index contributed by atoms with van der Waals surface area (Å²) >= 11 is 0. The van der Waals surface area contributed by atoms with Gasteiger partial charge in [-0.25, -0.2) is 9.59 Å². The molecule has 3 N–H and O–H groups in total. The van der Waals surface area contributed by atoms with E-state index in [1.54, 1.807) is 0 Å². The molecule has 0 aromatic rings. The van der Waals surface area contributed by atoms with Crippen LogP contribution in [0.4, 0.5) is 0 Å². The van der Waals surface area contributed by atoms with Gasteiger partial charge in [0.2, 0.25) is 0 Å². The maximum atomic E-state index is 10.2. The molecule has 5 nitrogen and oxygen atoms in total. The number of carbonyl (C=O) groups is 2. The van der Waals surface area contributed by atoms with E-state index < -0.39 is 24.1 Å². The third kappa shape index (κ3) is 6.68. The van der Waals surface area contributed by atoms with Crippen LogP contribution in [0.1, 0.15) is 9.78 Å². The van der Waals surface area contributed by atoms with Gasteiger partial charge in [-0.2, -0.15) is 0 Å². The second-order valence-electron chi connectivity index (χ2n) is 1.87. The Balaban J connectivity index is -0.0000000833. The molecular weight excluding hydrogens is 198 g/mol. The molecule has 0 fully saturated rings. The van der Waals surface area contributed by atoms with Gasteiger partial charge in [0.15, 0.2) is 0 Å². The fourth-order valence-corrected chi connectivity index (χ4v) is 0.476. The summed E-state index contributed by atoms with van der Waals surface area (Å²) in [4.78, 5) is 20.4. The van der Waals surface area contributed by atoms with E-state index in [9.17, 15) is 9.59 Å². The van der Waals surface area contributed by atoms with Gasteiger partial charge in [-0.1, -0.05) is 0 Å². The minimum atomic E-state index is -1.41. The summed E-state index contributed by atoms with van der Waals surface area (Å²) in [6.45, 7) is 0.357. The molecule has 0 rings (SSSR count). The van der Waals surface area contributed by atoms with Crippen molar-refractivity contribution >= 4 is 11.9 Å². The number of rotatable bonds is 3. The molecule has 0 amide bonds. The maximum Gasteiger partial charge on any atom is 1.00 e. The minimum Gasteiger partial charge on any atom is -1.00 e. The molecule has 0 saturated heterocycles. The Hall–Kier alpha value is 0.640. The topological polar surface area (TPSA) is 94.8 Å². The van der Waals surface area contributed by atoms with Gasteiger partial charge in [0.1, 0.15) is 0 Å². The molecule has 0 bridgehead atoms. The first-order valence-electron chi connectivity index (χ1n) is 2.78. The van der Waals surface area contributed by atoms with E-state index in [1.165, 1.54) is 0 Å². The van der Waals surface area contributed by atoms with Gasteiger partial charge < -0.3 is 18.2 Å². The number of aliphatic hydroxyl groups excluding tert-OH is 1. The zero-order valence-corrected chi connectivity index (χ0v) is 11.9. The van der Waals surface area contributed by atoms with Gasteiger partial charge in [-0.05, 0) is 6.92 Å². The predicted octanol–water partition coefficient (Wildman–Crippen LogP) is -6.30. The van der Waals surface area contributed by atoms with Crippen LogP contribution in [0.15, 0.2) is 11.1 Å². The van der Waals surface area contributed by atoms with Crippen LogP contribution in [0.3, 0.4) is 0 Å². The first-order valence-corrected chi connectivity index (χ1v) is 2.78. The number of aliphatic hydroxyl groups is 1. The SMILES string of the molecule is C/C(C(=O)O)=C(\CO)C(=O)O.[H-].[H-].[Na+].[Na+]. The fraction of sp³-hybridized carbons (Fsp3) is 0.333. The number of aliphatic carboxylic acids is 2. The van der Waals surface area contributed by atoms with Crippen LogP contribution >= 0.6 is 0 Å². The molecule has 0 radical (unpaired) electrons. The molecule has 0 aliphatic heterocycles. The Morgan fingerprint density at radius 3 is 1.62 bits per heavy atom. The van der Waals surface area contributed by atoms with Crippen molar-refractivity contribution in [3.63, 3.8) is 0 Å². The van der Waals surface area contributed by atoms with E-state index in [1.807, 2.05) is 0 Å². The second-order valence-corrected chi connectivity index (χ2v) is 1.87. The molecule has 0 atom stereocenters. The van der Waals surface area contributed by atoms with Crippen molar-refractivity contribution in [3.8, 4) is 0 Å². The van der Waals surface area contributed by atoms with Crippen molar-refractivity contribution in [2.75, 3.05) is 6.61 Å². The smallest absolute Gasteiger partial charge is 1.00 e. The third-order valence-electron chi connectivity index (χ3n) is 1.19. The van der Waals surface area contributed by atoms with E-state index in [4.69, 9.17) is 15.3 Å². The van der Waals surface area contributed by atoms with Crippen molar-refractivity contribution in [3.05, 3.63) is 11.1 Å². The van der Waals surface area contributed by atoms with Gasteiger partial charge in [-0.3, -0.25) is 0 Å². The van der Waals surface area contributed by atoms with Gasteiger partial charge >= 0.3 is 71.1 Å². The van der Waals surface area contributed by atoms with Crippen molar-refractivity contribution in [2.45, 2.75) is 6.92 Å². The first-order chi connectivity index (χ1) is 5.00. The zero-order valence-electron chi connectivity index (χ0n) is 9.87. The number of carboxylic acids is 2. The summed E-state index contributed by atoms with van der Waals surface area (Å²) in [6, 6.07) is 0. The molecule has 0 aromatic carbocycles. The van der Waals surface area contributed by atoms with Crippen molar-refractivity contribution in [1.29, 1.82) is 0 Å². The Morgan fingerprint density at radius 2 is 1.54 bits per heavy atom. The van der Waals surface area contributed by atoms with Crippen LogP contribution in [0.2, 0.25) is 0 Å². The molecule has 0 aliphatic rings. The van der Waals surface area contributed by atoms with Gasteiger partial charge in [-0.15, -0.1) is 0 Å². The molecule has 0 heterocycles. The molecule has 66 valence electrons. The second kappa shape index (κ2) is 9.21. The van der Waals surface area contributed by atoms with E-state index in [-0.39, 0.29) is 67.5 Å². The summed E-state index contributed by atoms with van der Waals surface area (Å²) < 4.78 is 0. The Kier molecular flexibility index (Phi) is 13.6. The average Bonchev–Trinajstić information content (AvgIpc) is 1.88. The molecule has 7 heteroatoms. The summed E-state index contributed by atoms with van der Waals surface area (Å²) in [6.07, 6.45) is 0. The Morgan fingerprint density at radius 1 is 1.15 bits per heavy atom. The van der Waals surface area contributed by atoms with Crippen LogP contribution in [0, 0.1) is 0 Å². The quantitative estimate of drug-likeness (QED) is 0.317. The van der Waals surface area contributed by atoms with Crippen LogP contribution in [-0.2, 0) is 9.59 Å². The van der Waals surface area contributed by atoms with E-state index in [0.29, 0.717) is 0 Å². The summed E-state index contributed by atoms with van der Waals surface area (Å²) in [5.74, 6) is -2.75. The Bertz CT molecular complexity index is 232. The number of hydrogen-bond donors (Lipinski definition) is 3.